The molecule has 4 heteroatoms. The summed E-state index contributed by atoms with van der Waals surface area (Å²) in [5, 5.41) is 6.77. The van der Waals surface area contributed by atoms with Gasteiger partial charge in [0.15, 0.2) is 0 Å². The Morgan fingerprint density at radius 1 is 0.275 bits per heavy atom. The summed E-state index contributed by atoms with van der Waals surface area (Å²) < 4.78 is 13.1. The van der Waals surface area contributed by atoms with E-state index in [4.69, 9.17) is 8.83 Å². The Morgan fingerprint density at radius 3 is 1.26 bits per heavy atom. The maximum atomic E-state index is 6.56. The largest absolute Gasteiger partial charge is 0.456 e. The SMILES string of the molecule is c1ccc(N(c2ccc3c(c2)C(c2ccccc2)(c2ccccc2)c2cc(N(c4ccccc4)c4ccc5c(c4)oc4ccccc45)c4ccccc4c2-3)c2ccc3c(c2)oc2ccccc23)cc1. The zero-order chi connectivity index (χ0) is 45.5. The summed E-state index contributed by atoms with van der Waals surface area (Å²) in [6, 6.07) is 92.0. The third kappa shape index (κ3) is 5.95. The fourth-order valence-electron chi connectivity index (χ4n) is 11.4. The fraction of sp³-hybridized carbons (Fsp3) is 0.0154. The van der Waals surface area contributed by atoms with Crippen molar-refractivity contribution in [1.29, 1.82) is 0 Å². The molecule has 0 bridgehead atoms. The van der Waals surface area contributed by atoms with E-state index >= 15 is 0 Å². The number of hydrogen-bond donors (Lipinski definition) is 0. The summed E-state index contributed by atoms with van der Waals surface area (Å²) in [5.74, 6) is 0. The lowest BCUT2D eigenvalue weighted by Gasteiger charge is -2.36. The average molecular weight is 883 g/mol. The highest BCUT2D eigenvalue weighted by atomic mass is 16.3. The van der Waals surface area contributed by atoms with E-state index in [1.807, 2.05) is 24.3 Å². The lowest BCUT2D eigenvalue weighted by atomic mass is 9.67. The molecule has 14 rings (SSSR count). The van der Waals surface area contributed by atoms with Crippen LogP contribution in [0.15, 0.2) is 264 Å². The number of fused-ring (bicyclic) bond motifs is 11. The Bertz CT molecular complexity index is 4040. The Balaban J connectivity index is 1.06. The minimum atomic E-state index is -0.724. The molecule has 0 atom stereocenters. The fourth-order valence-corrected chi connectivity index (χ4v) is 11.4. The summed E-state index contributed by atoms with van der Waals surface area (Å²) in [6.07, 6.45) is 0. The quantitative estimate of drug-likeness (QED) is 0.152. The van der Waals surface area contributed by atoms with Crippen molar-refractivity contribution < 1.29 is 8.83 Å². The molecule has 0 amide bonds. The van der Waals surface area contributed by atoms with Gasteiger partial charge in [0.25, 0.3) is 0 Å². The normalized spacial score (nSPS) is 12.8. The van der Waals surface area contributed by atoms with Crippen molar-refractivity contribution >= 4 is 88.8 Å². The molecule has 324 valence electrons. The minimum absolute atomic E-state index is 0.724. The lowest BCUT2D eigenvalue weighted by Crippen LogP contribution is -2.29. The van der Waals surface area contributed by atoms with Crippen LogP contribution in [0.4, 0.5) is 34.1 Å². The van der Waals surface area contributed by atoms with Gasteiger partial charge in [-0.1, -0.05) is 164 Å². The van der Waals surface area contributed by atoms with Crippen molar-refractivity contribution in [3.63, 3.8) is 0 Å². The summed E-state index contributed by atoms with van der Waals surface area (Å²) in [6.45, 7) is 0. The Hall–Kier alpha value is -9.12. The molecule has 11 aromatic carbocycles. The molecule has 0 radical (unpaired) electrons. The van der Waals surface area contributed by atoms with E-state index in [9.17, 15) is 0 Å². The summed E-state index contributed by atoms with van der Waals surface area (Å²) >= 11 is 0. The van der Waals surface area contributed by atoms with Gasteiger partial charge in [-0.2, -0.15) is 0 Å². The third-order valence-electron chi connectivity index (χ3n) is 14.3. The molecule has 0 N–H and O–H groups in total. The van der Waals surface area contributed by atoms with Gasteiger partial charge >= 0.3 is 0 Å². The molecule has 2 aromatic heterocycles. The predicted molar refractivity (Wildman–Crippen MR) is 285 cm³/mol. The van der Waals surface area contributed by atoms with Gasteiger partial charge in [0.05, 0.1) is 11.1 Å². The molecule has 0 saturated carbocycles. The van der Waals surface area contributed by atoms with E-state index in [1.165, 1.54) is 38.8 Å². The Morgan fingerprint density at radius 2 is 0.696 bits per heavy atom. The van der Waals surface area contributed by atoms with Crippen LogP contribution >= 0.6 is 0 Å². The van der Waals surface area contributed by atoms with Gasteiger partial charge in [-0.15, -0.1) is 0 Å². The van der Waals surface area contributed by atoms with Crippen molar-refractivity contribution in [3.05, 3.63) is 277 Å². The lowest BCUT2D eigenvalue weighted by molar-refractivity contribution is 0.668. The minimum Gasteiger partial charge on any atom is -0.456 e. The molecule has 0 aliphatic heterocycles. The first-order valence-electron chi connectivity index (χ1n) is 23.6. The van der Waals surface area contributed by atoms with Crippen LogP contribution in [0.25, 0.3) is 65.8 Å². The van der Waals surface area contributed by atoms with Crippen LogP contribution in [0.3, 0.4) is 0 Å². The van der Waals surface area contributed by atoms with Crippen molar-refractivity contribution in [3.8, 4) is 11.1 Å². The second-order valence-corrected chi connectivity index (χ2v) is 18.0. The number of benzene rings is 11. The number of para-hydroxylation sites is 4. The highest BCUT2D eigenvalue weighted by Gasteiger charge is 2.48. The monoisotopic (exact) mass is 882 g/mol. The van der Waals surface area contributed by atoms with E-state index in [-0.39, 0.29) is 0 Å². The van der Waals surface area contributed by atoms with Crippen molar-refractivity contribution in [2.24, 2.45) is 0 Å². The molecule has 0 unspecified atom stereocenters. The van der Waals surface area contributed by atoms with Gasteiger partial charge in [0, 0.05) is 67.5 Å². The molecule has 0 saturated heterocycles. The summed E-state index contributed by atoms with van der Waals surface area (Å²) in [5.41, 5.74) is 16.3. The van der Waals surface area contributed by atoms with Crippen LogP contribution in [-0.4, -0.2) is 0 Å². The summed E-state index contributed by atoms with van der Waals surface area (Å²) in [7, 11) is 0. The smallest absolute Gasteiger partial charge is 0.137 e. The number of rotatable bonds is 8. The molecule has 69 heavy (non-hydrogen) atoms. The Kier molecular flexibility index (Phi) is 8.77. The third-order valence-corrected chi connectivity index (χ3v) is 14.3. The average Bonchev–Trinajstić information content (AvgIpc) is 4.08. The van der Waals surface area contributed by atoms with Crippen LogP contribution in [0, 0.1) is 0 Å². The highest BCUT2D eigenvalue weighted by molar-refractivity contribution is 6.12. The van der Waals surface area contributed by atoms with E-state index in [0.29, 0.717) is 0 Å². The number of furan rings is 2. The van der Waals surface area contributed by atoms with Crippen LogP contribution in [0.5, 0.6) is 0 Å². The van der Waals surface area contributed by atoms with Gasteiger partial charge in [0.1, 0.15) is 22.3 Å². The van der Waals surface area contributed by atoms with Crippen LogP contribution in [0.2, 0.25) is 0 Å². The van der Waals surface area contributed by atoms with Gasteiger partial charge in [0.2, 0.25) is 0 Å². The van der Waals surface area contributed by atoms with Crippen molar-refractivity contribution in [2.45, 2.75) is 5.41 Å². The van der Waals surface area contributed by atoms with Gasteiger partial charge in [-0.05, 0) is 118 Å². The Labute approximate surface area is 399 Å². The standard InChI is InChI=1S/C65H42N2O2/c1-5-19-43(20-6-1)65(44-21-7-2-8-22-44)57-39-47(66(45-23-9-3-10-24-45)48-33-36-53-51-28-15-17-31-60(51)68-62(53)40-48)35-38-56(57)64-55-30-14-13-27-50(55)59(42-58(64)65)67(46-25-11-4-12-26-46)49-34-37-54-52-29-16-18-32-61(52)69-63(54)41-49/h1-42H. The second kappa shape index (κ2) is 15.5. The van der Waals surface area contributed by atoms with E-state index in [1.54, 1.807) is 0 Å². The maximum absolute atomic E-state index is 6.56. The van der Waals surface area contributed by atoms with E-state index in [2.05, 4.69) is 240 Å². The predicted octanol–water partition coefficient (Wildman–Crippen LogP) is 17.9. The molecular weight excluding hydrogens is 841 g/mol. The van der Waals surface area contributed by atoms with Crippen LogP contribution in [-0.2, 0) is 5.41 Å². The van der Waals surface area contributed by atoms with E-state index < -0.39 is 5.41 Å². The zero-order valence-electron chi connectivity index (χ0n) is 37.5. The molecule has 0 fully saturated rings. The molecule has 1 aliphatic rings. The number of hydrogen-bond acceptors (Lipinski definition) is 4. The summed E-state index contributed by atoms with van der Waals surface area (Å²) in [4.78, 5) is 4.78. The number of anilines is 6. The molecule has 2 heterocycles. The molecule has 0 spiro atoms. The first-order valence-corrected chi connectivity index (χ1v) is 23.6. The molecule has 13 aromatic rings. The first-order chi connectivity index (χ1) is 34.2. The molecule has 1 aliphatic carbocycles. The zero-order valence-corrected chi connectivity index (χ0v) is 37.5. The first kappa shape index (κ1) is 39.1. The van der Waals surface area contributed by atoms with Gasteiger partial charge in [-0.3, -0.25) is 0 Å². The van der Waals surface area contributed by atoms with Crippen LogP contribution in [0.1, 0.15) is 22.3 Å². The molecule has 4 nitrogen and oxygen atoms in total. The van der Waals surface area contributed by atoms with Crippen molar-refractivity contribution in [1.82, 2.24) is 0 Å². The van der Waals surface area contributed by atoms with E-state index in [0.717, 1.165) is 83.4 Å². The number of nitrogens with zero attached hydrogens (tertiary/aromatic N) is 2. The highest BCUT2D eigenvalue weighted by Crippen LogP contribution is 2.61. The van der Waals surface area contributed by atoms with Gasteiger partial charge in [-0.25, -0.2) is 0 Å². The molecular formula is C65H42N2O2. The van der Waals surface area contributed by atoms with Crippen molar-refractivity contribution in [2.75, 3.05) is 9.80 Å². The van der Waals surface area contributed by atoms with Crippen LogP contribution < -0.4 is 9.80 Å². The maximum Gasteiger partial charge on any atom is 0.137 e. The second-order valence-electron chi connectivity index (χ2n) is 18.0. The topological polar surface area (TPSA) is 32.8 Å². The van der Waals surface area contributed by atoms with Gasteiger partial charge < -0.3 is 18.6 Å².